The van der Waals surface area contributed by atoms with Crippen molar-refractivity contribution < 1.29 is 4.79 Å². The van der Waals surface area contributed by atoms with Crippen LogP contribution in [-0.4, -0.2) is 20.4 Å². The number of amides is 1. The highest BCUT2D eigenvalue weighted by Gasteiger charge is 2.29. The Balaban J connectivity index is 1.45. The Bertz CT molecular complexity index is 1150. The van der Waals surface area contributed by atoms with Crippen LogP contribution in [0.15, 0.2) is 73.2 Å². The van der Waals surface area contributed by atoms with Crippen molar-refractivity contribution in [2.24, 2.45) is 0 Å². The largest absolute Gasteiger partial charge is 0.351 e. The van der Waals surface area contributed by atoms with Gasteiger partial charge in [-0.05, 0) is 55.3 Å². The van der Waals surface area contributed by atoms with Gasteiger partial charge in [0.1, 0.15) is 12.1 Å². The van der Waals surface area contributed by atoms with E-state index in [1.807, 2.05) is 66.9 Å². The molecule has 0 radical (unpaired) electrons. The Labute approximate surface area is 174 Å². The number of rotatable bonds is 5. The molecular weight excluding hydrogens is 384 g/mol. The molecule has 4 rings (SSSR count). The maximum atomic E-state index is 12.7. The number of carbonyl (C=O) groups is 1. The first-order chi connectivity index (χ1) is 13.9. The van der Waals surface area contributed by atoms with Crippen LogP contribution >= 0.6 is 11.6 Å². The highest BCUT2D eigenvalue weighted by molar-refractivity contribution is 6.30. The summed E-state index contributed by atoms with van der Waals surface area (Å²) in [6.07, 6.45) is 3.54. The normalized spacial score (nSPS) is 11.6. The number of imidazole rings is 1. The van der Waals surface area contributed by atoms with E-state index in [4.69, 9.17) is 11.6 Å². The van der Waals surface area contributed by atoms with Crippen molar-refractivity contribution in [1.82, 2.24) is 19.9 Å². The van der Waals surface area contributed by atoms with Gasteiger partial charge >= 0.3 is 0 Å². The molecule has 1 amide bonds. The number of para-hydroxylation sites is 2. The van der Waals surface area contributed by atoms with Crippen molar-refractivity contribution in [3.8, 4) is 5.82 Å². The van der Waals surface area contributed by atoms with E-state index < -0.39 is 5.41 Å². The fourth-order valence-corrected chi connectivity index (χ4v) is 3.33. The SMILES string of the molecule is CC(C)(C(=O)NCc1ccc(-n2cnc3ccccc32)nc1)c1ccc(Cl)cc1. The molecule has 0 aliphatic rings. The maximum absolute atomic E-state index is 12.7. The minimum absolute atomic E-state index is 0.0514. The molecular formula is C23H21ClN4O. The number of aromatic nitrogens is 3. The molecule has 2 heterocycles. The predicted molar refractivity (Wildman–Crippen MR) is 115 cm³/mol. The van der Waals surface area contributed by atoms with Crippen molar-refractivity contribution in [1.29, 1.82) is 0 Å². The van der Waals surface area contributed by atoms with Crippen LogP contribution < -0.4 is 5.32 Å². The van der Waals surface area contributed by atoms with Crippen LogP contribution in [-0.2, 0) is 16.8 Å². The molecule has 0 atom stereocenters. The zero-order valence-corrected chi connectivity index (χ0v) is 17.0. The lowest BCUT2D eigenvalue weighted by molar-refractivity contribution is -0.125. The number of hydrogen-bond donors (Lipinski definition) is 1. The van der Waals surface area contributed by atoms with Crippen LogP contribution in [0.2, 0.25) is 5.02 Å². The first-order valence-corrected chi connectivity index (χ1v) is 9.75. The molecule has 0 aliphatic carbocycles. The van der Waals surface area contributed by atoms with E-state index in [2.05, 4.69) is 15.3 Å². The molecule has 0 saturated heterocycles. The summed E-state index contributed by atoms with van der Waals surface area (Å²) in [4.78, 5) is 21.7. The Morgan fingerprint density at radius 2 is 1.79 bits per heavy atom. The third kappa shape index (κ3) is 3.87. The van der Waals surface area contributed by atoms with E-state index in [1.54, 1.807) is 24.7 Å². The van der Waals surface area contributed by atoms with E-state index in [9.17, 15) is 4.79 Å². The van der Waals surface area contributed by atoms with Crippen LogP contribution in [0, 0.1) is 0 Å². The summed E-state index contributed by atoms with van der Waals surface area (Å²) in [5.41, 5.74) is 3.12. The molecule has 0 bridgehead atoms. The molecule has 0 unspecified atom stereocenters. The van der Waals surface area contributed by atoms with Crippen molar-refractivity contribution in [2.75, 3.05) is 0 Å². The van der Waals surface area contributed by atoms with Crippen LogP contribution in [0.3, 0.4) is 0 Å². The first kappa shape index (κ1) is 19.2. The van der Waals surface area contributed by atoms with Crippen LogP contribution in [0.5, 0.6) is 0 Å². The smallest absolute Gasteiger partial charge is 0.230 e. The van der Waals surface area contributed by atoms with Gasteiger partial charge in [0.2, 0.25) is 5.91 Å². The standard InChI is InChI=1S/C23H21ClN4O/c1-23(2,17-8-10-18(24)11-9-17)22(29)26-14-16-7-12-21(25-13-16)28-15-27-19-5-3-4-6-20(19)28/h3-13,15H,14H2,1-2H3,(H,26,29). The predicted octanol–water partition coefficient (Wildman–Crippen LogP) is 4.67. The van der Waals surface area contributed by atoms with Crippen LogP contribution in [0.4, 0.5) is 0 Å². The van der Waals surface area contributed by atoms with Gasteiger partial charge in [0.05, 0.1) is 16.4 Å². The van der Waals surface area contributed by atoms with Gasteiger partial charge in [-0.3, -0.25) is 9.36 Å². The molecule has 5 nitrogen and oxygen atoms in total. The van der Waals surface area contributed by atoms with E-state index in [1.165, 1.54) is 0 Å². The van der Waals surface area contributed by atoms with Gasteiger partial charge in [-0.1, -0.05) is 41.9 Å². The van der Waals surface area contributed by atoms with E-state index >= 15 is 0 Å². The average molecular weight is 405 g/mol. The molecule has 146 valence electrons. The van der Waals surface area contributed by atoms with Crippen LogP contribution in [0.25, 0.3) is 16.9 Å². The van der Waals surface area contributed by atoms with Crippen LogP contribution in [0.1, 0.15) is 25.0 Å². The van der Waals surface area contributed by atoms with Gasteiger partial charge < -0.3 is 5.32 Å². The molecule has 4 aromatic rings. The second kappa shape index (κ2) is 7.68. The molecule has 0 aliphatic heterocycles. The topological polar surface area (TPSA) is 59.8 Å². The molecule has 0 spiro atoms. The van der Waals surface area contributed by atoms with Crippen molar-refractivity contribution in [3.05, 3.63) is 89.3 Å². The zero-order chi connectivity index (χ0) is 20.4. The summed E-state index contributed by atoms with van der Waals surface area (Å²) in [6, 6.07) is 19.2. The lowest BCUT2D eigenvalue weighted by Crippen LogP contribution is -2.39. The summed E-state index contributed by atoms with van der Waals surface area (Å²) >= 11 is 5.95. The molecule has 2 aromatic heterocycles. The fraction of sp³-hybridized carbons (Fsp3) is 0.174. The number of hydrogen-bond acceptors (Lipinski definition) is 3. The number of nitrogens with one attached hydrogen (secondary N) is 1. The third-order valence-electron chi connectivity index (χ3n) is 5.10. The first-order valence-electron chi connectivity index (χ1n) is 9.37. The number of carbonyl (C=O) groups excluding carboxylic acids is 1. The molecule has 1 N–H and O–H groups in total. The lowest BCUT2D eigenvalue weighted by atomic mass is 9.83. The average Bonchev–Trinajstić information content (AvgIpc) is 3.17. The molecule has 2 aromatic carbocycles. The second-order valence-corrected chi connectivity index (χ2v) is 7.88. The molecule has 0 fully saturated rings. The summed E-state index contributed by atoms with van der Waals surface area (Å²) in [5.74, 6) is 0.736. The van der Waals surface area contributed by atoms with Gasteiger partial charge in [-0.2, -0.15) is 0 Å². The zero-order valence-electron chi connectivity index (χ0n) is 16.3. The van der Waals surface area contributed by atoms with Crippen molar-refractivity contribution >= 4 is 28.5 Å². The Morgan fingerprint density at radius 1 is 1.03 bits per heavy atom. The summed E-state index contributed by atoms with van der Waals surface area (Å²) in [5, 5.41) is 3.66. The van der Waals surface area contributed by atoms with Gasteiger partial charge in [0.15, 0.2) is 0 Å². The number of nitrogens with zero attached hydrogens (tertiary/aromatic N) is 3. The fourth-order valence-electron chi connectivity index (χ4n) is 3.21. The summed E-state index contributed by atoms with van der Waals surface area (Å²) in [6.45, 7) is 4.21. The summed E-state index contributed by atoms with van der Waals surface area (Å²) in [7, 11) is 0. The molecule has 6 heteroatoms. The van der Waals surface area contributed by atoms with Gasteiger partial charge in [0.25, 0.3) is 0 Å². The minimum atomic E-state index is -0.659. The number of halogens is 1. The van der Waals surface area contributed by atoms with Gasteiger partial charge in [0, 0.05) is 17.8 Å². The monoisotopic (exact) mass is 404 g/mol. The lowest BCUT2D eigenvalue weighted by Gasteiger charge is -2.24. The maximum Gasteiger partial charge on any atom is 0.230 e. The number of benzene rings is 2. The van der Waals surface area contributed by atoms with Gasteiger partial charge in [-0.15, -0.1) is 0 Å². The van der Waals surface area contributed by atoms with Gasteiger partial charge in [-0.25, -0.2) is 9.97 Å². The Kier molecular flexibility index (Phi) is 5.07. The highest BCUT2D eigenvalue weighted by atomic mass is 35.5. The van der Waals surface area contributed by atoms with E-state index in [-0.39, 0.29) is 5.91 Å². The minimum Gasteiger partial charge on any atom is -0.351 e. The number of pyridine rings is 1. The quantitative estimate of drug-likeness (QED) is 0.526. The van der Waals surface area contributed by atoms with Crippen molar-refractivity contribution in [2.45, 2.75) is 25.8 Å². The molecule has 0 saturated carbocycles. The third-order valence-corrected chi connectivity index (χ3v) is 5.35. The molecule has 29 heavy (non-hydrogen) atoms. The summed E-state index contributed by atoms with van der Waals surface area (Å²) < 4.78 is 1.95. The van der Waals surface area contributed by atoms with Crippen molar-refractivity contribution in [3.63, 3.8) is 0 Å². The Morgan fingerprint density at radius 3 is 2.52 bits per heavy atom. The Hall–Kier alpha value is -3.18. The van der Waals surface area contributed by atoms with E-state index in [0.29, 0.717) is 11.6 Å². The number of fused-ring (bicyclic) bond motifs is 1. The second-order valence-electron chi connectivity index (χ2n) is 7.44. The van der Waals surface area contributed by atoms with E-state index in [0.717, 1.165) is 28.0 Å². The highest BCUT2D eigenvalue weighted by Crippen LogP contribution is 2.25.